The first-order valence-corrected chi connectivity index (χ1v) is 9.69. The number of carbonyl (C=O) groups is 2. The number of ether oxygens (including phenoxy) is 1. The van der Waals surface area contributed by atoms with Gasteiger partial charge in [-0.25, -0.2) is 0 Å². The fraction of sp³-hybridized carbons (Fsp3) is 0.800. The molecule has 0 spiro atoms. The average molecular weight is 341 g/mol. The van der Waals surface area contributed by atoms with Crippen molar-refractivity contribution in [3.63, 3.8) is 0 Å². The molecule has 0 radical (unpaired) electrons. The molecule has 0 rings (SSSR count). The number of allylic oxidation sites excluding steroid dienone is 2. The first kappa shape index (κ1) is 22.7. The van der Waals surface area contributed by atoms with E-state index in [2.05, 4.69) is 19.1 Å². The Morgan fingerprint density at radius 1 is 0.792 bits per heavy atom. The second-order valence-corrected chi connectivity index (χ2v) is 6.34. The van der Waals surface area contributed by atoms with Crippen LogP contribution < -0.4 is 0 Å². The van der Waals surface area contributed by atoms with Crippen LogP contribution in [0.5, 0.6) is 0 Å². The first-order valence-electron chi connectivity index (χ1n) is 9.69. The van der Waals surface area contributed by atoms with E-state index in [1.807, 2.05) is 0 Å². The number of carbonyl (C=O) groups excluding carboxylic acids is 1. The molecule has 0 bridgehead atoms. The molecule has 24 heavy (non-hydrogen) atoms. The molecule has 0 aromatic rings. The Balaban J connectivity index is 3.16. The van der Waals surface area contributed by atoms with Gasteiger partial charge in [0.1, 0.15) is 0 Å². The lowest BCUT2D eigenvalue weighted by molar-refractivity contribution is -0.147. The van der Waals surface area contributed by atoms with Crippen molar-refractivity contribution in [2.45, 2.75) is 96.8 Å². The minimum absolute atomic E-state index is 0.0247. The largest absolute Gasteiger partial charge is 0.481 e. The molecular formula is C20H36O4. The van der Waals surface area contributed by atoms with Gasteiger partial charge in [0.25, 0.3) is 0 Å². The van der Waals surface area contributed by atoms with Gasteiger partial charge >= 0.3 is 11.9 Å². The van der Waals surface area contributed by atoms with E-state index in [1.54, 1.807) is 0 Å². The van der Waals surface area contributed by atoms with Crippen LogP contribution in [0.2, 0.25) is 0 Å². The zero-order valence-electron chi connectivity index (χ0n) is 15.4. The maximum Gasteiger partial charge on any atom is 0.306 e. The molecule has 4 nitrogen and oxygen atoms in total. The summed E-state index contributed by atoms with van der Waals surface area (Å²) in [6.45, 7) is 2.64. The molecule has 0 saturated carbocycles. The lowest BCUT2D eigenvalue weighted by atomic mass is 10.1. The van der Waals surface area contributed by atoms with Gasteiger partial charge in [0.2, 0.25) is 0 Å². The van der Waals surface area contributed by atoms with Gasteiger partial charge in [0.05, 0.1) is 19.4 Å². The molecule has 0 aliphatic heterocycles. The van der Waals surface area contributed by atoms with Gasteiger partial charge in [-0.2, -0.15) is 0 Å². The minimum Gasteiger partial charge on any atom is -0.481 e. The molecule has 0 atom stereocenters. The van der Waals surface area contributed by atoms with Crippen LogP contribution in [0.25, 0.3) is 0 Å². The first-order chi connectivity index (χ1) is 11.7. The van der Waals surface area contributed by atoms with E-state index in [0.717, 1.165) is 12.8 Å². The molecule has 0 aromatic carbocycles. The summed E-state index contributed by atoms with van der Waals surface area (Å²) in [5.41, 5.74) is 0. The predicted octanol–water partition coefficient (Wildman–Crippen LogP) is 5.65. The number of aliphatic carboxylic acids is 1. The summed E-state index contributed by atoms with van der Waals surface area (Å²) in [4.78, 5) is 21.5. The van der Waals surface area contributed by atoms with Crippen LogP contribution in [0.1, 0.15) is 96.8 Å². The topological polar surface area (TPSA) is 63.6 Å². The molecule has 0 heterocycles. The summed E-state index contributed by atoms with van der Waals surface area (Å²) >= 11 is 0. The van der Waals surface area contributed by atoms with Gasteiger partial charge in [0, 0.05) is 0 Å². The molecule has 1 N–H and O–H groups in total. The van der Waals surface area contributed by atoms with Crippen LogP contribution in [0.15, 0.2) is 12.2 Å². The van der Waals surface area contributed by atoms with Gasteiger partial charge in [0.15, 0.2) is 0 Å². The number of carboxylic acids is 1. The highest BCUT2D eigenvalue weighted by molar-refractivity contribution is 5.76. The maximum atomic E-state index is 11.2. The van der Waals surface area contributed by atoms with Crippen molar-refractivity contribution in [3.05, 3.63) is 12.2 Å². The maximum absolute atomic E-state index is 11.2. The van der Waals surface area contributed by atoms with E-state index in [9.17, 15) is 9.59 Å². The lowest BCUT2D eigenvalue weighted by Crippen LogP contribution is -2.08. The highest BCUT2D eigenvalue weighted by atomic mass is 16.5. The van der Waals surface area contributed by atoms with Gasteiger partial charge in [-0.05, 0) is 25.7 Å². The van der Waals surface area contributed by atoms with Crippen molar-refractivity contribution >= 4 is 11.9 Å². The van der Waals surface area contributed by atoms with Crippen molar-refractivity contribution < 1.29 is 19.4 Å². The van der Waals surface area contributed by atoms with Crippen LogP contribution in [0.3, 0.4) is 0 Å². The number of unbranched alkanes of at least 4 members (excludes halogenated alkanes) is 10. The molecular weight excluding hydrogens is 304 g/mol. The zero-order chi connectivity index (χ0) is 17.9. The van der Waals surface area contributed by atoms with Crippen LogP contribution in [0, 0.1) is 0 Å². The van der Waals surface area contributed by atoms with E-state index in [4.69, 9.17) is 9.84 Å². The Morgan fingerprint density at radius 3 is 1.92 bits per heavy atom. The molecule has 0 unspecified atom stereocenters. The SMILES string of the molecule is CCCC/C=C\CCCCCCCCCCOC(=O)CCC(=O)O. The minimum atomic E-state index is -0.959. The molecule has 0 aliphatic rings. The second kappa shape index (κ2) is 18.0. The molecule has 4 heteroatoms. The molecule has 0 amide bonds. The van der Waals surface area contributed by atoms with Crippen molar-refractivity contribution in [2.24, 2.45) is 0 Å². The third-order valence-corrected chi connectivity index (χ3v) is 3.96. The summed E-state index contributed by atoms with van der Waals surface area (Å²) < 4.78 is 4.99. The van der Waals surface area contributed by atoms with E-state index in [-0.39, 0.29) is 12.8 Å². The summed E-state index contributed by atoms with van der Waals surface area (Å²) in [7, 11) is 0. The van der Waals surface area contributed by atoms with Crippen molar-refractivity contribution in [1.29, 1.82) is 0 Å². The third-order valence-electron chi connectivity index (χ3n) is 3.96. The monoisotopic (exact) mass is 340 g/mol. The number of hydrogen-bond acceptors (Lipinski definition) is 3. The Bertz CT molecular complexity index is 337. The summed E-state index contributed by atoms with van der Waals surface area (Å²) in [6.07, 6.45) is 19.1. The van der Waals surface area contributed by atoms with Crippen LogP contribution in [-0.2, 0) is 14.3 Å². The van der Waals surface area contributed by atoms with E-state index < -0.39 is 11.9 Å². The van der Waals surface area contributed by atoms with Crippen LogP contribution in [-0.4, -0.2) is 23.7 Å². The van der Waals surface area contributed by atoms with Crippen LogP contribution in [0.4, 0.5) is 0 Å². The van der Waals surface area contributed by atoms with Crippen LogP contribution >= 0.6 is 0 Å². The quantitative estimate of drug-likeness (QED) is 0.211. The Morgan fingerprint density at radius 2 is 1.33 bits per heavy atom. The van der Waals surface area contributed by atoms with E-state index >= 15 is 0 Å². The average Bonchev–Trinajstić information content (AvgIpc) is 2.56. The Kier molecular flexibility index (Phi) is 17.0. The summed E-state index contributed by atoms with van der Waals surface area (Å²) in [5.74, 6) is -1.36. The zero-order valence-corrected chi connectivity index (χ0v) is 15.4. The van der Waals surface area contributed by atoms with E-state index in [1.165, 1.54) is 64.2 Å². The normalized spacial score (nSPS) is 11.0. The summed E-state index contributed by atoms with van der Waals surface area (Å²) in [6, 6.07) is 0. The smallest absolute Gasteiger partial charge is 0.306 e. The molecule has 0 saturated heterocycles. The van der Waals surface area contributed by atoms with Crippen molar-refractivity contribution in [3.8, 4) is 0 Å². The number of rotatable bonds is 17. The number of carboxylic acid groups (broad SMARTS) is 1. The second-order valence-electron chi connectivity index (χ2n) is 6.34. The Labute approximate surface area is 147 Å². The number of esters is 1. The molecule has 0 aliphatic carbocycles. The van der Waals surface area contributed by atoms with Gasteiger partial charge in [-0.15, -0.1) is 0 Å². The van der Waals surface area contributed by atoms with Gasteiger partial charge < -0.3 is 9.84 Å². The lowest BCUT2D eigenvalue weighted by Gasteiger charge is -2.04. The van der Waals surface area contributed by atoms with Gasteiger partial charge in [-0.1, -0.05) is 70.4 Å². The fourth-order valence-electron chi connectivity index (χ4n) is 2.45. The molecule has 140 valence electrons. The predicted molar refractivity (Wildman–Crippen MR) is 98.0 cm³/mol. The number of hydrogen-bond donors (Lipinski definition) is 1. The third kappa shape index (κ3) is 18.7. The molecule has 0 aromatic heterocycles. The highest BCUT2D eigenvalue weighted by Gasteiger charge is 2.05. The fourth-order valence-corrected chi connectivity index (χ4v) is 2.45. The van der Waals surface area contributed by atoms with Gasteiger partial charge in [-0.3, -0.25) is 9.59 Å². The standard InChI is InChI=1S/C20H36O4/c1-2-3-4-5-6-7-8-9-10-11-12-13-14-15-18-24-20(23)17-16-19(21)22/h5-6H,2-4,7-18H2,1H3,(H,21,22)/b6-5-. The highest BCUT2D eigenvalue weighted by Crippen LogP contribution is 2.10. The van der Waals surface area contributed by atoms with Crippen molar-refractivity contribution in [1.82, 2.24) is 0 Å². The van der Waals surface area contributed by atoms with E-state index in [0.29, 0.717) is 6.61 Å². The Hall–Kier alpha value is -1.32. The molecule has 0 fully saturated rings. The van der Waals surface area contributed by atoms with Crippen molar-refractivity contribution in [2.75, 3.05) is 6.61 Å². The summed E-state index contributed by atoms with van der Waals surface area (Å²) in [5, 5.41) is 8.46.